The van der Waals surface area contributed by atoms with Crippen molar-refractivity contribution in [2.45, 2.75) is 56.4 Å². The third-order valence-corrected chi connectivity index (χ3v) is 5.00. The van der Waals surface area contributed by atoms with E-state index in [1.54, 1.807) is 0 Å². The molecule has 0 spiro atoms. The van der Waals surface area contributed by atoms with Crippen molar-refractivity contribution < 1.29 is 14.7 Å². The maximum absolute atomic E-state index is 11.8. The summed E-state index contributed by atoms with van der Waals surface area (Å²) in [6, 6.07) is -0.855. The number of hydrogen-bond donors (Lipinski definition) is 3. The fourth-order valence-corrected chi connectivity index (χ4v) is 3.78. The van der Waals surface area contributed by atoms with Crippen LogP contribution in [0, 0.1) is 5.92 Å². The third-order valence-electron chi connectivity index (χ3n) is 3.77. The van der Waals surface area contributed by atoms with Crippen molar-refractivity contribution in [3.05, 3.63) is 0 Å². The molecule has 0 aromatic rings. The number of urea groups is 1. The topological polar surface area (TPSA) is 78.4 Å². The van der Waals surface area contributed by atoms with Crippen molar-refractivity contribution >= 4 is 23.8 Å². The number of nitrogens with one attached hydrogen (secondary N) is 2. The van der Waals surface area contributed by atoms with Gasteiger partial charge in [0.2, 0.25) is 0 Å². The first kappa shape index (κ1) is 14.5. The maximum Gasteiger partial charge on any atom is 0.326 e. The second kappa shape index (κ2) is 6.50. The van der Waals surface area contributed by atoms with Gasteiger partial charge in [-0.15, -0.1) is 0 Å². The molecular weight excluding hydrogens is 264 g/mol. The molecule has 2 rings (SSSR count). The average Bonchev–Trinajstić information content (AvgIpc) is 3.09. The van der Waals surface area contributed by atoms with E-state index >= 15 is 0 Å². The molecule has 2 aliphatic rings. The quantitative estimate of drug-likeness (QED) is 0.696. The van der Waals surface area contributed by atoms with Gasteiger partial charge in [-0.3, -0.25) is 0 Å². The van der Waals surface area contributed by atoms with Crippen LogP contribution in [-0.2, 0) is 4.79 Å². The van der Waals surface area contributed by atoms with Crippen LogP contribution >= 0.6 is 11.8 Å². The average molecular weight is 286 g/mol. The van der Waals surface area contributed by atoms with Crippen molar-refractivity contribution in [2.75, 3.05) is 5.75 Å². The van der Waals surface area contributed by atoms with Gasteiger partial charge in [-0.05, 0) is 43.8 Å². The fourth-order valence-electron chi connectivity index (χ4n) is 2.64. The number of thioether (sulfide) groups is 1. The number of carbonyl (C=O) groups is 2. The zero-order valence-electron chi connectivity index (χ0n) is 11.2. The highest BCUT2D eigenvalue weighted by molar-refractivity contribution is 7.99. The predicted molar refractivity (Wildman–Crippen MR) is 75.4 cm³/mol. The summed E-state index contributed by atoms with van der Waals surface area (Å²) in [7, 11) is 0. The highest BCUT2D eigenvalue weighted by Gasteiger charge is 2.37. The number of hydrogen-bond acceptors (Lipinski definition) is 3. The standard InChI is InChI=1S/C13H22N2O3S/c1-2-19-10-6-5-9(7-10)14-13(18)15-11(12(16)17)8-3-4-8/h8-11H,2-7H2,1H3,(H,16,17)(H2,14,15,18). The minimum atomic E-state index is -0.927. The van der Waals surface area contributed by atoms with Gasteiger partial charge in [0, 0.05) is 11.3 Å². The first-order chi connectivity index (χ1) is 9.10. The second-order valence-corrected chi connectivity index (χ2v) is 6.94. The Morgan fingerprint density at radius 1 is 1.32 bits per heavy atom. The number of carboxylic acid groups (broad SMARTS) is 1. The number of rotatable bonds is 6. The van der Waals surface area contributed by atoms with Crippen molar-refractivity contribution in [2.24, 2.45) is 5.92 Å². The lowest BCUT2D eigenvalue weighted by atomic mass is 10.2. The zero-order valence-corrected chi connectivity index (χ0v) is 12.0. The normalized spacial score (nSPS) is 27.8. The van der Waals surface area contributed by atoms with Gasteiger partial charge in [-0.25, -0.2) is 9.59 Å². The summed E-state index contributed by atoms with van der Waals surface area (Å²) in [6.45, 7) is 2.14. The fraction of sp³-hybridized carbons (Fsp3) is 0.846. The third kappa shape index (κ3) is 4.30. The molecule has 0 aromatic carbocycles. The minimum absolute atomic E-state index is 0.121. The largest absolute Gasteiger partial charge is 0.480 e. The van der Waals surface area contributed by atoms with Crippen LogP contribution in [0.15, 0.2) is 0 Å². The van der Waals surface area contributed by atoms with Crippen LogP contribution in [0.4, 0.5) is 4.79 Å². The van der Waals surface area contributed by atoms with Crippen molar-refractivity contribution in [3.63, 3.8) is 0 Å². The molecule has 19 heavy (non-hydrogen) atoms. The minimum Gasteiger partial charge on any atom is -0.480 e. The molecule has 0 heterocycles. The highest BCUT2D eigenvalue weighted by Crippen LogP contribution is 2.33. The molecule has 2 aliphatic carbocycles. The lowest BCUT2D eigenvalue weighted by Gasteiger charge is -2.17. The van der Waals surface area contributed by atoms with Gasteiger partial charge in [-0.2, -0.15) is 11.8 Å². The highest BCUT2D eigenvalue weighted by atomic mass is 32.2. The van der Waals surface area contributed by atoms with Gasteiger partial charge < -0.3 is 15.7 Å². The van der Waals surface area contributed by atoms with Gasteiger partial charge >= 0.3 is 12.0 Å². The second-order valence-electron chi connectivity index (χ2n) is 5.36. The zero-order chi connectivity index (χ0) is 13.8. The predicted octanol–water partition coefficient (Wildman–Crippen LogP) is 1.82. The number of amides is 2. The van der Waals surface area contributed by atoms with Crippen LogP contribution in [0.1, 0.15) is 39.0 Å². The lowest BCUT2D eigenvalue weighted by molar-refractivity contribution is -0.139. The number of carboxylic acids is 1. The Morgan fingerprint density at radius 3 is 2.63 bits per heavy atom. The van der Waals surface area contributed by atoms with Crippen molar-refractivity contribution in [3.8, 4) is 0 Å². The molecule has 0 aromatic heterocycles. The van der Waals surface area contributed by atoms with E-state index in [-0.39, 0.29) is 18.0 Å². The van der Waals surface area contributed by atoms with Gasteiger partial charge in [0.05, 0.1) is 0 Å². The molecule has 2 amide bonds. The molecule has 3 unspecified atom stereocenters. The van der Waals surface area contributed by atoms with E-state index in [0.29, 0.717) is 5.25 Å². The van der Waals surface area contributed by atoms with Gasteiger partial charge in [0.1, 0.15) is 6.04 Å². The van der Waals surface area contributed by atoms with Crippen LogP contribution in [0.25, 0.3) is 0 Å². The Balaban J connectivity index is 1.73. The van der Waals surface area contributed by atoms with E-state index in [9.17, 15) is 9.59 Å². The SMILES string of the molecule is CCSC1CCC(NC(=O)NC(C(=O)O)C2CC2)C1. The Hall–Kier alpha value is -0.910. The monoisotopic (exact) mass is 286 g/mol. The van der Waals surface area contributed by atoms with Gasteiger partial charge in [0.15, 0.2) is 0 Å². The van der Waals surface area contributed by atoms with Gasteiger partial charge in [0.25, 0.3) is 0 Å². The molecule has 0 radical (unpaired) electrons. The molecule has 3 atom stereocenters. The van der Waals surface area contributed by atoms with Crippen LogP contribution in [0.2, 0.25) is 0 Å². The van der Waals surface area contributed by atoms with E-state index in [2.05, 4.69) is 17.6 Å². The van der Waals surface area contributed by atoms with Crippen LogP contribution < -0.4 is 10.6 Å². The summed E-state index contributed by atoms with van der Waals surface area (Å²) < 4.78 is 0. The Labute approximate surface area is 117 Å². The van der Waals surface area contributed by atoms with Crippen molar-refractivity contribution in [1.29, 1.82) is 0 Å². The molecule has 0 saturated heterocycles. The van der Waals surface area contributed by atoms with Crippen LogP contribution in [0.5, 0.6) is 0 Å². The lowest BCUT2D eigenvalue weighted by Crippen LogP contribution is -2.49. The Bertz CT molecular complexity index is 347. The van der Waals surface area contributed by atoms with E-state index in [0.717, 1.165) is 37.9 Å². The van der Waals surface area contributed by atoms with E-state index in [1.165, 1.54) is 0 Å². The molecule has 2 fully saturated rings. The first-order valence-corrected chi connectivity index (χ1v) is 8.06. The summed E-state index contributed by atoms with van der Waals surface area (Å²) in [5, 5.41) is 15.2. The molecule has 0 aliphatic heterocycles. The van der Waals surface area contributed by atoms with E-state index < -0.39 is 12.0 Å². The molecule has 3 N–H and O–H groups in total. The smallest absolute Gasteiger partial charge is 0.326 e. The summed E-state index contributed by atoms with van der Waals surface area (Å²) in [4.78, 5) is 22.9. The summed E-state index contributed by atoms with van der Waals surface area (Å²) in [6.07, 6.45) is 4.92. The summed E-state index contributed by atoms with van der Waals surface area (Å²) in [5.74, 6) is 0.297. The Morgan fingerprint density at radius 2 is 2.05 bits per heavy atom. The molecule has 5 nitrogen and oxygen atoms in total. The molecule has 6 heteroatoms. The Kier molecular flexibility index (Phi) is 4.96. The van der Waals surface area contributed by atoms with Crippen LogP contribution in [0.3, 0.4) is 0 Å². The first-order valence-electron chi connectivity index (χ1n) is 7.01. The van der Waals surface area contributed by atoms with E-state index in [4.69, 9.17) is 5.11 Å². The van der Waals surface area contributed by atoms with Crippen LogP contribution in [-0.4, -0.2) is 40.2 Å². The van der Waals surface area contributed by atoms with Crippen molar-refractivity contribution in [1.82, 2.24) is 10.6 Å². The summed E-state index contributed by atoms with van der Waals surface area (Å²) >= 11 is 1.94. The number of carbonyl (C=O) groups excluding carboxylic acids is 1. The summed E-state index contributed by atoms with van der Waals surface area (Å²) in [5.41, 5.74) is 0. The van der Waals surface area contributed by atoms with Gasteiger partial charge in [-0.1, -0.05) is 6.92 Å². The van der Waals surface area contributed by atoms with E-state index in [1.807, 2.05) is 11.8 Å². The number of aliphatic carboxylic acids is 1. The molecule has 0 bridgehead atoms. The molecule has 2 saturated carbocycles. The maximum atomic E-state index is 11.8. The molecular formula is C13H22N2O3S. The molecule has 108 valence electrons.